The molecule has 0 radical (unpaired) electrons. The molecule has 0 bridgehead atoms. The summed E-state index contributed by atoms with van der Waals surface area (Å²) in [5.74, 6) is -0.423. The normalized spacial score (nSPS) is 20.3. The van der Waals surface area contributed by atoms with Gasteiger partial charge in [0, 0.05) is 12.6 Å². The van der Waals surface area contributed by atoms with E-state index in [9.17, 15) is 14.4 Å². The fourth-order valence-electron chi connectivity index (χ4n) is 3.93. The second kappa shape index (κ2) is 8.76. The van der Waals surface area contributed by atoms with E-state index in [4.69, 9.17) is 4.74 Å². The van der Waals surface area contributed by atoms with Crippen molar-refractivity contribution in [2.24, 2.45) is 5.92 Å². The molecule has 1 aliphatic rings. The number of nitrogens with zero attached hydrogens (tertiary/aromatic N) is 2. The third kappa shape index (κ3) is 4.49. The average molecular weight is 399 g/mol. The molecule has 7 nitrogen and oxygen atoms in total. The van der Waals surface area contributed by atoms with Crippen LogP contribution in [0.15, 0.2) is 23.0 Å². The first-order chi connectivity index (χ1) is 13.8. The second-order valence-electron chi connectivity index (χ2n) is 7.87. The van der Waals surface area contributed by atoms with E-state index < -0.39 is 12.1 Å². The van der Waals surface area contributed by atoms with Crippen LogP contribution < -0.4 is 10.9 Å². The van der Waals surface area contributed by atoms with E-state index in [2.05, 4.69) is 17.2 Å². The van der Waals surface area contributed by atoms with Gasteiger partial charge in [-0.15, -0.1) is 0 Å². The van der Waals surface area contributed by atoms with E-state index in [1.807, 2.05) is 6.92 Å². The lowest BCUT2D eigenvalue weighted by Crippen LogP contribution is -2.45. The number of carbonyl (C=O) groups is 2. The third-order valence-electron chi connectivity index (χ3n) is 5.75. The van der Waals surface area contributed by atoms with Gasteiger partial charge in [0.05, 0.1) is 16.6 Å². The minimum Gasteiger partial charge on any atom is -0.449 e. The van der Waals surface area contributed by atoms with Crippen molar-refractivity contribution >= 4 is 22.9 Å². The van der Waals surface area contributed by atoms with Crippen LogP contribution in [0, 0.1) is 12.8 Å². The number of hydrogen-bond donors (Lipinski definition) is 1. The number of amides is 1. The Bertz CT molecular complexity index is 982. The Morgan fingerprint density at radius 3 is 2.72 bits per heavy atom. The fourth-order valence-corrected chi connectivity index (χ4v) is 3.93. The zero-order valence-electron chi connectivity index (χ0n) is 17.5. The quantitative estimate of drug-likeness (QED) is 0.781. The Morgan fingerprint density at radius 2 is 2.03 bits per heavy atom. The maximum atomic E-state index is 12.6. The van der Waals surface area contributed by atoms with Crippen molar-refractivity contribution in [1.82, 2.24) is 14.9 Å². The zero-order chi connectivity index (χ0) is 21.1. The first kappa shape index (κ1) is 21.0. The highest BCUT2D eigenvalue weighted by Crippen LogP contribution is 2.24. The highest BCUT2D eigenvalue weighted by Gasteiger charge is 2.26. The number of nitrogens with one attached hydrogen (secondary N) is 1. The summed E-state index contributed by atoms with van der Waals surface area (Å²) in [5.41, 5.74) is 1.75. The van der Waals surface area contributed by atoms with Gasteiger partial charge in [-0.2, -0.15) is 0 Å². The Morgan fingerprint density at radius 1 is 1.31 bits per heavy atom. The molecular formula is C22H29N3O4. The van der Waals surface area contributed by atoms with E-state index in [1.54, 1.807) is 36.6 Å². The van der Waals surface area contributed by atoms with Gasteiger partial charge in [-0.05, 0) is 57.7 Å². The number of aromatic nitrogens is 2. The summed E-state index contributed by atoms with van der Waals surface area (Å²) in [7, 11) is 0. The lowest BCUT2D eigenvalue weighted by molar-refractivity contribution is -0.130. The molecule has 29 heavy (non-hydrogen) atoms. The van der Waals surface area contributed by atoms with Gasteiger partial charge >= 0.3 is 5.97 Å². The van der Waals surface area contributed by atoms with Gasteiger partial charge in [-0.25, -0.2) is 9.78 Å². The predicted octanol–water partition coefficient (Wildman–Crippen LogP) is 2.97. The van der Waals surface area contributed by atoms with Crippen molar-refractivity contribution in [3.8, 4) is 0 Å². The van der Waals surface area contributed by atoms with Gasteiger partial charge < -0.3 is 14.6 Å². The van der Waals surface area contributed by atoms with E-state index in [0.29, 0.717) is 34.8 Å². The Hall–Kier alpha value is -2.70. The molecule has 3 atom stereocenters. The van der Waals surface area contributed by atoms with E-state index in [-0.39, 0.29) is 17.5 Å². The molecule has 1 amide bonds. The van der Waals surface area contributed by atoms with Crippen LogP contribution in [0.1, 0.15) is 62.5 Å². The Labute approximate surface area is 170 Å². The molecule has 1 aliphatic carbocycles. The number of carbonyl (C=O) groups excluding carboxylic acids is 2. The molecule has 3 rings (SSSR count). The van der Waals surface area contributed by atoms with E-state index in [1.165, 1.54) is 6.42 Å². The molecule has 2 aromatic rings. The van der Waals surface area contributed by atoms with Gasteiger partial charge in [-0.1, -0.05) is 19.8 Å². The van der Waals surface area contributed by atoms with Gasteiger partial charge in [0.2, 0.25) is 0 Å². The van der Waals surface area contributed by atoms with Crippen LogP contribution in [0.25, 0.3) is 11.0 Å². The minimum absolute atomic E-state index is 0.135. The van der Waals surface area contributed by atoms with Crippen LogP contribution in [0.4, 0.5) is 0 Å². The number of hydrogen-bond acceptors (Lipinski definition) is 5. The van der Waals surface area contributed by atoms with E-state index in [0.717, 1.165) is 19.3 Å². The number of fused-ring (bicyclic) bond motifs is 1. The highest BCUT2D eigenvalue weighted by atomic mass is 16.5. The van der Waals surface area contributed by atoms with Crippen molar-refractivity contribution in [3.63, 3.8) is 0 Å². The number of ether oxygens (including phenoxy) is 1. The molecule has 1 aromatic carbocycles. The van der Waals surface area contributed by atoms with Crippen molar-refractivity contribution in [3.05, 3.63) is 39.8 Å². The molecule has 7 heteroatoms. The molecule has 0 aliphatic heterocycles. The first-order valence-electron chi connectivity index (χ1n) is 10.3. The maximum Gasteiger partial charge on any atom is 0.338 e. The molecular weight excluding hydrogens is 370 g/mol. The lowest BCUT2D eigenvalue weighted by Gasteiger charge is -2.30. The Kier molecular flexibility index (Phi) is 6.35. The van der Waals surface area contributed by atoms with Gasteiger partial charge in [0.15, 0.2) is 6.10 Å². The highest BCUT2D eigenvalue weighted by molar-refractivity contribution is 5.95. The zero-order valence-corrected chi connectivity index (χ0v) is 17.5. The summed E-state index contributed by atoms with van der Waals surface area (Å²) in [4.78, 5) is 41.5. The number of aryl methyl sites for hydroxylation is 2. The minimum atomic E-state index is -0.883. The standard InChI is InChI=1S/C22H29N3O4/c1-5-25-19-11-10-16(12-18(19)23-14(3)21(25)27)22(28)29-15(4)20(26)24-17-9-7-6-8-13(17)2/h10-13,15,17H,5-9H2,1-4H3,(H,24,26)/t13-,15-,17-/m0/s1. The summed E-state index contributed by atoms with van der Waals surface area (Å²) < 4.78 is 7.01. The van der Waals surface area contributed by atoms with Crippen molar-refractivity contribution in [2.75, 3.05) is 0 Å². The summed E-state index contributed by atoms with van der Waals surface area (Å²) in [5, 5.41) is 3.02. The van der Waals surface area contributed by atoms with Crippen LogP contribution in [-0.2, 0) is 16.1 Å². The molecule has 0 spiro atoms. The molecule has 0 unspecified atom stereocenters. The van der Waals surface area contributed by atoms with Gasteiger partial charge in [0.25, 0.3) is 11.5 Å². The summed E-state index contributed by atoms with van der Waals surface area (Å²) in [6.07, 6.45) is 3.48. The van der Waals surface area contributed by atoms with Crippen LogP contribution >= 0.6 is 0 Å². The van der Waals surface area contributed by atoms with Crippen LogP contribution in [0.2, 0.25) is 0 Å². The van der Waals surface area contributed by atoms with Crippen LogP contribution in [0.5, 0.6) is 0 Å². The molecule has 1 aromatic heterocycles. The van der Waals surface area contributed by atoms with Crippen LogP contribution in [-0.4, -0.2) is 33.6 Å². The number of benzene rings is 1. The lowest BCUT2D eigenvalue weighted by atomic mass is 9.86. The largest absolute Gasteiger partial charge is 0.449 e. The molecule has 1 fully saturated rings. The Balaban J connectivity index is 1.72. The first-order valence-corrected chi connectivity index (χ1v) is 10.3. The average Bonchev–Trinajstić information content (AvgIpc) is 2.70. The topological polar surface area (TPSA) is 90.3 Å². The number of esters is 1. The van der Waals surface area contributed by atoms with Crippen molar-refractivity contribution in [1.29, 1.82) is 0 Å². The second-order valence-corrected chi connectivity index (χ2v) is 7.87. The smallest absolute Gasteiger partial charge is 0.338 e. The molecule has 1 heterocycles. The monoisotopic (exact) mass is 399 g/mol. The summed E-state index contributed by atoms with van der Waals surface area (Å²) in [6.45, 7) is 7.77. The fraction of sp³-hybridized carbons (Fsp3) is 0.545. The predicted molar refractivity (Wildman–Crippen MR) is 111 cm³/mol. The molecule has 0 saturated heterocycles. The van der Waals surface area contributed by atoms with E-state index >= 15 is 0 Å². The maximum absolute atomic E-state index is 12.6. The molecule has 1 saturated carbocycles. The number of rotatable bonds is 5. The SMILES string of the molecule is CCn1c(=O)c(C)nc2cc(C(=O)O[C@@H](C)C(=O)N[C@H]3CCCC[C@@H]3C)ccc21. The third-order valence-corrected chi connectivity index (χ3v) is 5.75. The van der Waals surface area contributed by atoms with Crippen molar-refractivity contribution < 1.29 is 14.3 Å². The van der Waals surface area contributed by atoms with Gasteiger partial charge in [0.1, 0.15) is 5.69 Å². The van der Waals surface area contributed by atoms with Crippen molar-refractivity contribution in [2.45, 2.75) is 72.1 Å². The van der Waals surface area contributed by atoms with Crippen LogP contribution in [0.3, 0.4) is 0 Å². The summed E-state index contributed by atoms with van der Waals surface area (Å²) >= 11 is 0. The summed E-state index contributed by atoms with van der Waals surface area (Å²) in [6, 6.07) is 5.03. The van der Waals surface area contributed by atoms with Gasteiger partial charge in [-0.3, -0.25) is 9.59 Å². The molecule has 1 N–H and O–H groups in total. The molecule has 156 valence electrons.